The first-order valence-electron chi connectivity index (χ1n) is 5.63. The maximum atomic E-state index is 11.1. The van der Waals surface area contributed by atoms with E-state index in [2.05, 4.69) is 22.8 Å². The number of benzene rings is 1. The molecule has 0 aliphatic carbocycles. The average Bonchev–Trinajstić information content (AvgIpc) is 2.83. The van der Waals surface area contributed by atoms with Crippen LogP contribution in [-0.2, 0) is 6.42 Å². The number of hydrogen-bond acceptors (Lipinski definition) is 3. The summed E-state index contributed by atoms with van der Waals surface area (Å²) in [5.41, 5.74) is 1.82. The lowest BCUT2D eigenvalue weighted by Gasteiger charge is -2.05. The fraction of sp³-hybridized carbons (Fsp3) is 0.214. The van der Waals surface area contributed by atoms with Crippen LogP contribution in [0.5, 0.6) is 0 Å². The number of rotatable bonds is 5. The summed E-state index contributed by atoms with van der Waals surface area (Å²) < 4.78 is 0. The van der Waals surface area contributed by atoms with Gasteiger partial charge in [0, 0.05) is 22.7 Å². The van der Waals surface area contributed by atoms with Gasteiger partial charge >= 0.3 is 0 Å². The third-order valence-electron chi connectivity index (χ3n) is 2.57. The highest BCUT2D eigenvalue weighted by Crippen LogP contribution is 2.12. The molecule has 0 fully saturated rings. The molecule has 0 amide bonds. The molecule has 0 unspecified atom stereocenters. The van der Waals surface area contributed by atoms with Crippen molar-refractivity contribution < 1.29 is 4.79 Å². The minimum atomic E-state index is 0.107. The van der Waals surface area contributed by atoms with Gasteiger partial charge in [0.25, 0.3) is 0 Å². The number of ketones is 1. The molecule has 0 aliphatic heterocycles. The standard InChI is InChI=1S/C14H15NOS/c1-11(16)12-4-6-13(7-5-12)15-9-8-14-3-2-10-17-14/h2-7,10,15H,8-9H2,1H3. The molecule has 3 heteroatoms. The van der Waals surface area contributed by atoms with Crippen molar-refractivity contribution in [1.29, 1.82) is 0 Å². The summed E-state index contributed by atoms with van der Waals surface area (Å²) in [5, 5.41) is 5.44. The minimum Gasteiger partial charge on any atom is -0.385 e. The molecule has 0 spiro atoms. The molecule has 1 N–H and O–H groups in total. The Balaban J connectivity index is 1.85. The van der Waals surface area contributed by atoms with Crippen LogP contribution in [0.25, 0.3) is 0 Å². The van der Waals surface area contributed by atoms with Crippen LogP contribution in [0.15, 0.2) is 41.8 Å². The second kappa shape index (κ2) is 5.64. The van der Waals surface area contributed by atoms with Crippen LogP contribution in [-0.4, -0.2) is 12.3 Å². The maximum absolute atomic E-state index is 11.1. The summed E-state index contributed by atoms with van der Waals surface area (Å²) in [7, 11) is 0. The van der Waals surface area contributed by atoms with Crippen molar-refractivity contribution in [2.45, 2.75) is 13.3 Å². The zero-order valence-electron chi connectivity index (χ0n) is 9.77. The Morgan fingerprint density at radius 2 is 2.00 bits per heavy atom. The Kier molecular flexibility index (Phi) is 3.94. The number of nitrogens with one attached hydrogen (secondary N) is 1. The van der Waals surface area contributed by atoms with Gasteiger partial charge in [0.2, 0.25) is 0 Å². The van der Waals surface area contributed by atoms with Crippen molar-refractivity contribution in [3.05, 3.63) is 52.2 Å². The number of hydrogen-bond donors (Lipinski definition) is 1. The predicted octanol–water partition coefficient (Wildman–Crippen LogP) is 3.61. The fourth-order valence-electron chi connectivity index (χ4n) is 1.61. The van der Waals surface area contributed by atoms with Gasteiger partial charge in [-0.05, 0) is 49.1 Å². The lowest BCUT2D eigenvalue weighted by Crippen LogP contribution is -2.04. The largest absolute Gasteiger partial charge is 0.385 e. The molecule has 0 atom stereocenters. The van der Waals surface area contributed by atoms with E-state index in [1.807, 2.05) is 24.3 Å². The van der Waals surface area contributed by atoms with Gasteiger partial charge in [0.05, 0.1) is 0 Å². The molecule has 2 rings (SSSR count). The molecule has 1 heterocycles. The van der Waals surface area contributed by atoms with E-state index in [4.69, 9.17) is 0 Å². The summed E-state index contributed by atoms with van der Waals surface area (Å²) in [6.07, 6.45) is 1.03. The third-order valence-corrected chi connectivity index (χ3v) is 3.51. The molecule has 88 valence electrons. The second-order valence-electron chi connectivity index (χ2n) is 3.89. The Morgan fingerprint density at radius 3 is 2.59 bits per heavy atom. The van der Waals surface area contributed by atoms with Crippen LogP contribution in [0.1, 0.15) is 22.2 Å². The van der Waals surface area contributed by atoms with E-state index in [0.29, 0.717) is 0 Å². The Hall–Kier alpha value is -1.61. The second-order valence-corrected chi connectivity index (χ2v) is 4.92. The molecule has 2 nitrogen and oxygen atoms in total. The molecular formula is C14H15NOS. The van der Waals surface area contributed by atoms with Crippen LogP contribution in [0.3, 0.4) is 0 Å². The topological polar surface area (TPSA) is 29.1 Å². The monoisotopic (exact) mass is 245 g/mol. The maximum Gasteiger partial charge on any atom is 0.159 e. The van der Waals surface area contributed by atoms with Gasteiger partial charge in [-0.1, -0.05) is 6.07 Å². The van der Waals surface area contributed by atoms with E-state index in [-0.39, 0.29) is 5.78 Å². The van der Waals surface area contributed by atoms with Crippen LogP contribution in [0, 0.1) is 0 Å². The van der Waals surface area contributed by atoms with Gasteiger partial charge in [-0.2, -0.15) is 0 Å². The van der Waals surface area contributed by atoms with Crippen LogP contribution >= 0.6 is 11.3 Å². The van der Waals surface area contributed by atoms with Crippen LogP contribution < -0.4 is 5.32 Å². The fourth-order valence-corrected chi connectivity index (χ4v) is 2.32. The lowest BCUT2D eigenvalue weighted by molar-refractivity contribution is 0.101. The highest BCUT2D eigenvalue weighted by molar-refractivity contribution is 7.09. The van der Waals surface area contributed by atoms with E-state index >= 15 is 0 Å². The van der Waals surface area contributed by atoms with E-state index in [1.165, 1.54) is 4.88 Å². The van der Waals surface area contributed by atoms with Crippen molar-refractivity contribution in [1.82, 2.24) is 0 Å². The summed E-state index contributed by atoms with van der Waals surface area (Å²) in [6.45, 7) is 2.50. The summed E-state index contributed by atoms with van der Waals surface area (Å²) in [4.78, 5) is 12.5. The van der Waals surface area contributed by atoms with Gasteiger partial charge in [0.15, 0.2) is 5.78 Å². The molecule has 1 aromatic heterocycles. The van der Waals surface area contributed by atoms with Gasteiger partial charge in [-0.3, -0.25) is 4.79 Å². The lowest BCUT2D eigenvalue weighted by atomic mass is 10.1. The van der Waals surface area contributed by atoms with Gasteiger partial charge < -0.3 is 5.32 Å². The highest BCUT2D eigenvalue weighted by Gasteiger charge is 1.98. The van der Waals surface area contributed by atoms with Gasteiger partial charge in [-0.25, -0.2) is 0 Å². The van der Waals surface area contributed by atoms with Crippen LogP contribution in [0.2, 0.25) is 0 Å². The number of Topliss-reactive ketones (excluding diaryl/α,β-unsaturated/α-hetero) is 1. The van der Waals surface area contributed by atoms with Crippen molar-refractivity contribution in [2.24, 2.45) is 0 Å². The molecule has 1 aromatic carbocycles. The molecule has 2 aromatic rings. The molecule has 0 bridgehead atoms. The van der Waals surface area contributed by atoms with E-state index in [0.717, 1.165) is 24.2 Å². The van der Waals surface area contributed by atoms with Gasteiger partial charge in [0.1, 0.15) is 0 Å². The predicted molar refractivity (Wildman–Crippen MR) is 73.0 cm³/mol. The normalized spacial score (nSPS) is 10.2. The van der Waals surface area contributed by atoms with E-state index in [9.17, 15) is 4.79 Å². The number of thiophene rings is 1. The zero-order chi connectivity index (χ0) is 12.1. The smallest absolute Gasteiger partial charge is 0.159 e. The Labute approximate surface area is 105 Å². The zero-order valence-corrected chi connectivity index (χ0v) is 10.6. The average molecular weight is 245 g/mol. The van der Waals surface area contributed by atoms with Crippen molar-refractivity contribution in [3.8, 4) is 0 Å². The van der Waals surface area contributed by atoms with E-state index in [1.54, 1.807) is 18.3 Å². The minimum absolute atomic E-state index is 0.107. The molecule has 17 heavy (non-hydrogen) atoms. The highest BCUT2D eigenvalue weighted by atomic mass is 32.1. The number of carbonyl (C=O) groups excluding carboxylic acids is 1. The van der Waals surface area contributed by atoms with Gasteiger partial charge in [-0.15, -0.1) is 11.3 Å². The molecule has 0 radical (unpaired) electrons. The van der Waals surface area contributed by atoms with Crippen LogP contribution in [0.4, 0.5) is 5.69 Å². The van der Waals surface area contributed by atoms with Crippen molar-refractivity contribution in [3.63, 3.8) is 0 Å². The van der Waals surface area contributed by atoms with Crippen molar-refractivity contribution >= 4 is 22.8 Å². The quantitative estimate of drug-likeness (QED) is 0.815. The summed E-state index contributed by atoms with van der Waals surface area (Å²) in [6, 6.07) is 11.8. The van der Waals surface area contributed by atoms with E-state index < -0.39 is 0 Å². The number of carbonyl (C=O) groups is 1. The number of anilines is 1. The molecular weight excluding hydrogens is 230 g/mol. The Morgan fingerprint density at radius 1 is 1.24 bits per heavy atom. The van der Waals surface area contributed by atoms with Crippen molar-refractivity contribution in [2.75, 3.05) is 11.9 Å². The first kappa shape index (κ1) is 11.9. The molecule has 0 saturated heterocycles. The molecule has 0 aliphatic rings. The Bertz CT molecular complexity index is 473. The molecule has 0 saturated carbocycles. The first-order valence-corrected chi connectivity index (χ1v) is 6.51. The third kappa shape index (κ3) is 3.43. The first-order chi connectivity index (χ1) is 8.25. The SMILES string of the molecule is CC(=O)c1ccc(NCCc2cccs2)cc1. The summed E-state index contributed by atoms with van der Waals surface area (Å²) in [5.74, 6) is 0.107. The summed E-state index contributed by atoms with van der Waals surface area (Å²) >= 11 is 1.78.